The first-order chi connectivity index (χ1) is 13.1. The van der Waals surface area contributed by atoms with E-state index in [1.165, 1.54) is 52.7 Å². The van der Waals surface area contributed by atoms with Crippen LogP contribution in [0.2, 0.25) is 0 Å². The van der Waals surface area contributed by atoms with Crippen molar-refractivity contribution in [2.75, 3.05) is 0 Å². The fraction of sp³-hybridized carbons (Fsp3) is 0.348. The Balaban J connectivity index is 0.000000401. The minimum absolute atomic E-state index is 0. The van der Waals surface area contributed by atoms with Crippen molar-refractivity contribution in [3.05, 3.63) is 76.2 Å². The third kappa shape index (κ3) is 8.07. The molecule has 0 spiro atoms. The van der Waals surface area contributed by atoms with Gasteiger partial charge in [-0.25, -0.2) is 0 Å². The van der Waals surface area contributed by atoms with Crippen LogP contribution in [0.4, 0.5) is 0 Å². The topological polar surface area (TPSA) is 35.9 Å². The van der Waals surface area contributed by atoms with Crippen LogP contribution in [0, 0.1) is 3.80 Å². The van der Waals surface area contributed by atoms with Crippen molar-refractivity contribution >= 4 is 48.0 Å². The molecular formula is C23H31I2N3Pt. The van der Waals surface area contributed by atoms with Crippen LogP contribution in [0.3, 0.4) is 0 Å². The summed E-state index contributed by atoms with van der Waals surface area (Å²) in [7, 11) is 2.09. The van der Waals surface area contributed by atoms with Crippen molar-refractivity contribution in [1.82, 2.24) is 9.13 Å². The van der Waals surface area contributed by atoms with Crippen molar-refractivity contribution in [2.45, 2.75) is 44.7 Å². The van der Waals surface area contributed by atoms with Gasteiger partial charge in [0.05, 0.1) is 0 Å². The number of aromatic nitrogens is 2. The Morgan fingerprint density at radius 2 is 1.45 bits per heavy atom. The zero-order valence-corrected chi connectivity index (χ0v) is 23.7. The smallest absolute Gasteiger partial charge is 0.00388 e. The monoisotopic (exact) mass is 798 g/mol. The fourth-order valence-electron chi connectivity index (χ4n) is 3.47. The Morgan fingerprint density at radius 3 is 1.97 bits per heavy atom. The molecule has 29 heavy (non-hydrogen) atoms. The zero-order valence-electron chi connectivity index (χ0n) is 16.8. The van der Waals surface area contributed by atoms with Crippen molar-refractivity contribution in [3.63, 3.8) is 0 Å². The SMILES string of the molecule is Cn1cc(-c2ccccc2)n(Cc2ccccc2)[c]1=[Pt].I.I.NC1CCCCC1. The Hall–Kier alpha value is -0.242. The van der Waals surface area contributed by atoms with Crippen LogP contribution in [0.15, 0.2) is 66.9 Å². The Morgan fingerprint density at radius 1 is 0.897 bits per heavy atom. The van der Waals surface area contributed by atoms with Crippen molar-refractivity contribution in [1.29, 1.82) is 0 Å². The molecule has 1 fully saturated rings. The van der Waals surface area contributed by atoms with Gasteiger partial charge in [0, 0.05) is 6.04 Å². The van der Waals surface area contributed by atoms with E-state index < -0.39 is 0 Å². The summed E-state index contributed by atoms with van der Waals surface area (Å²) in [5.74, 6) is 0. The number of hydrogen-bond acceptors (Lipinski definition) is 1. The van der Waals surface area contributed by atoms with E-state index in [0.29, 0.717) is 6.04 Å². The predicted octanol–water partition coefficient (Wildman–Crippen LogP) is 6.13. The van der Waals surface area contributed by atoms with Gasteiger partial charge in [0.1, 0.15) is 0 Å². The van der Waals surface area contributed by atoms with E-state index in [-0.39, 0.29) is 48.0 Å². The van der Waals surface area contributed by atoms with Gasteiger partial charge in [0.25, 0.3) is 0 Å². The van der Waals surface area contributed by atoms with Crippen molar-refractivity contribution < 1.29 is 19.4 Å². The van der Waals surface area contributed by atoms with Gasteiger partial charge >= 0.3 is 130 Å². The molecule has 0 bridgehead atoms. The maximum absolute atomic E-state index is 5.63. The number of benzene rings is 2. The number of imidazole rings is 1. The second-order valence-electron chi connectivity index (χ2n) is 7.20. The Kier molecular flexibility index (Phi) is 12.9. The van der Waals surface area contributed by atoms with Crippen molar-refractivity contribution in [2.24, 2.45) is 12.8 Å². The summed E-state index contributed by atoms with van der Waals surface area (Å²) in [4.78, 5) is 0. The normalized spacial score (nSPS) is 13.5. The Labute approximate surface area is 219 Å². The minimum Gasteiger partial charge on any atom is -0.328 e. The fourth-order valence-corrected chi connectivity index (χ4v) is 4.07. The average Bonchev–Trinajstić information content (AvgIpc) is 2.99. The number of aryl methyl sites for hydroxylation is 1. The standard InChI is InChI=1S/C17H16N2.C6H13N.2HI.Pt/c1-18-13-17(16-10-6-3-7-11-16)19(14-18)12-15-8-4-2-5-9-15;7-6-4-2-1-3-5-6;;;/h2-11,13H,12H2,1H3;6H,1-5,7H2;2*1H;. The first kappa shape index (κ1) is 26.8. The molecule has 2 aromatic carbocycles. The molecule has 6 heteroatoms. The maximum Gasteiger partial charge on any atom is 0.00388 e. The van der Waals surface area contributed by atoms with Gasteiger partial charge in [-0.05, 0) is 12.8 Å². The molecule has 0 aliphatic heterocycles. The third-order valence-electron chi connectivity index (χ3n) is 4.98. The summed E-state index contributed by atoms with van der Waals surface area (Å²) in [6, 6.07) is 21.7. The summed E-state index contributed by atoms with van der Waals surface area (Å²) < 4.78 is 5.76. The van der Waals surface area contributed by atoms with Crippen LogP contribution >= 0.6 is 48.0 Å². The zero-order chi connectivity index (χ0) is 19.1. The summed E-state index contributed by atoms with van der Waals surface area (Å²) in [5.41, 5.74) is 9.46. The van der Waals surface area contributed by atoms with Crippen LogP contribution in [0.5, 0.6) is 0 Å². The number of hydrogen-bond donors (Lipinski definition) is 1. The van der Waals surface area contributed by atoms with Crippen LogP contribution in [0.1, 0.15) is 37.7 Å². The molecule has 1 aromatic heterocycles. The largest absolute Gasteiger partial charge is 0.328 e. The van der Waals surface area contributed by atoms with E-state index in [9.17, 15) is 0 Å². The average molecular weight is 798 g/mol. The minimum atomic E-state index is 0. The predicted molar refractivity (Wildman–Crippen MR) is 140 cm³/mol. The summed E-state index contributed by atoms with van der Waals surface area (Å²) in [6.45, 7) is 0.894. The van der Waals surface area contributed by atoms with E-state index in [1.54, 1.807) is 0 Å². The molecule has 4 rings (SSSR count). The summed E-state index contributed by atoms with van der Waals surface area (Å²) in [6.07, 6.45) is 8.86. The molecule has 162 valence electrons. The van der Waals surface area contributed by atoms with E-state index in [0.717, 1.165) is 6.54 Å². The molecule has 1 heterocycles. The molecule has 0 radical (unpaired) electrons. The van der Waals surface area contributed by atoms with Crippen LogP contribution in [-0.4, -0.2) is 15.2 Å². The van der Waals surface area contributed by atoms with Crippen LogP contribution in [0.25, 0.3) is 11.3 Å². The molecular weight excluding hydrogens is 767 g/mol. The maximum atomic E-state index is 5.63. The van der Waals surface area contributed by atoms with Crippen LogP contribution < -0.4 is 5.73 Å². The molecule has 1 aliphatic carbocycles. The molecule has 0 unspecified atom stereocenters. The number of rotatable bonds is 3. The van der Waals surface area contributed by atoms with Gasteiger partial charge in [-0.1, -0.05) is 19.3 Å². The first-order valence-electron chi connectivity index (χ1n) is 9.71. The number of halogens is 2. The molecule has 0 atom stereocenters. The second kappa shape index (κ2) is 13.9. The van der Waals surface area contributed by atoms with E-state index in [4.69, 9.17) is 5.73 Å². The third-order valence-corrected chi connectivity index (χ3v) is 6.40. The van der Waals surface area contributed by atoms with Gasteiger partial charge in [0.15, 0.2) is 0 Å². The van der Waals surface area contributed by atoms with Gasteiger partial charge < -0.3 is 5.73 Å². The van der Waals surface area contributed by atoms with Gasteiger partial charge in [-0.3, -0.25) is 0 Å². The van der Waals surface area contributed by atoms with E-state index in [1.807, 2.05) is 0 Å². The number of nitrogens with two attached hydrogens (primary N) is 1. The van der Waals surface area contributed by atoms with Crippen molar-refractivity contribution in [3.8, 4) is 11.3 Å². The van der Waals surface area contributed by atoms with Gasteiger partial charge in [-0.15, -0.1) is 48.0 Å². The first-order valence-corrected chi connectivity index (χ1v) is 10.9. The molecule has 3 nitrogen and oxygen atoms in total. The van der Waals surface area contributed by atoms with Gasteiger partial charge in [-0.2, -0.15) is 0 Å². The molecule has 1 saturated carbocycles. The molecule has 0 amide bonds. The second-order valence-corrected chi connectivity index (χ2v) is 8.22. The summed E-state index contributed by atoms with van der Waals surface area (Å²) in [5, 5.41) is 0. The van der Waals surface area contributed by atoms with E-state index >= 15 is 0 Å². The summed E-state index contributed by atoms with van der Waals surface area (Å²) >= 11 is 2.39. The molecule has 0 saturated heterocycles. The molecule has 1 aliphatic rings. The van der Waals surface area contributed by atoms with Gasteiger partial charge in [0.2, 0.25) is 0 Å². The van der Waals surface area contributed by atoms with E-state index in [2.05, 4.69) is 102 Å². The molecule has 2 N–H and O–H groups in total. The Bertz CT molecular complexity index is 885. The van der Waals surface area contributed by atoms with Crippen LogP contribution in [-0.2, 0) is 32.9 Å². The number of nitrogens with zero attached hydrogens (tertiary/aromatic N) is 2. The molecule has 3 aromatic rings. The quantitative estimate of drug-likeness (QED) is 0.319.